The van der Waals surface area contributed by atoms with Crippen molar-refractivity contribution in [3.05, 3.63) is 20.3 Å². The first kappa shape index (κ1) is 12.9. The van der Waals surface area contributed by atoms with E-state index in [1.807, 2.05) is 0 Å². The third kappa shape index (κ3) is 2.51. The van der Waals surface area contributed by atoms with Crippen LogP contribution in [0.3, 0.4) is 0 Å². The molecule has 86 valence electrons. The summed E-state index contributed by atoms with van der Waals surface area (Å²) >= 11 is 4.09. The van der Waals surface area contributed by atoms with Gasteiger partial charge >= 0.3 is 12.3 Å². The summed E-state index contributed by atoms with van der Waals surface area (Å²) < 4.78 is 50.4. The highest BCUT2D eigenvalue weighted by Gasteiger charge is 2.48. The molecule has 0 aliphatic carbocycles. The molecule has 0 bridgehead atoms. The normalized spacial score (nSPS) is 14.7. The van der Waals surface area contributed by atoms with Crippen molar-refractivity contribution < 1.29 is 17.6 Å². The fourth-order valence-electron chi connectivity index (χ4n) is 0.960. The average molecular weight is 306 g/mol. The highest BCUT2D eigenvalue weighted by molar-refractivity contribution is 9.10. The van der Waals surface area contributed by atoms with Crippen LogP contribution in [0.25, 0.3) is 0 Å². The minimum absolute atomic E-state index is 0.0460. The van der Waals surface area contributed by atoms with E-state index in [0.717, 1.165) is 16.2 Å². The Bertz CT molecular complexity index is 333. The van der Waals surface area contributed by atoms with Crippen LogP contribution in [0.1, 0.15) is 15.8 Å². The van der Waals surface area contributed by atoms with Crippen molar-refractivity contribution in [2.45, 2.75) is 25.3 Å². The van der Waals surface area contributed by atoms with E-state index < -0.39 is 18.4 Å². The molecular weight excluding hydrogens is 298 g/mol. The van der Waals surface area contributed by atoms with Gasteiger partial charge in [-0.1, -0.05) is 0 Å². The van der Waals surface area contributed by atoms with E-state index in [1.54, 1.807) is 6.92 Å². The second-order valence-electron chi connectivity index (χ2n) is 3.01. The number of hydrogen-bond acceptors (Lipinski definition) is 2. The quantitative estimate of drug-likeness (QED) is 0.846. The first-order chi connectivity index (χ1) is 6.76. The maximum atomic E-state index is 12.9. The highest BCUT2D eigenvalue weighted by atomic mass is 79.9. The van der Waals surface area contributed by atoms with Gasteiger partial charge in [-0.15, -0.1) is 11.3 Å². The maximum Gasteiger partial charge on any atom is 0.327 e. The van der Waals surface area contributed by atoms with Gasteiger partial charge in [-0.2, -0.15) is 8.78 Å². The molecule has 1 rings (SSSR count). The van der Waals surface area contributed by atoms with Gasteiger partial charge in [0, 0.05) is 14.2 Å². The summed E-state index contributed by atoms with van der Waals surface area (Å²) in [4.78, 5) is 0.773. The molecule has 0 radical (unpaired) electrons. The van der Waals surface area contributed by atoms with Gasteiger partial charge in [0.1, 0.15) is 6.04 Å². The van der Waals surface area contributed by atoms with E-state index in [0.29, 0.717) is 4.47 Å². The Morgan fingerprint density at radius 1 is 1.47 bits per heavy atom. The summed E-state index contributed by atoms with van der Waals surface area (Å²) in [5, 5.41) is 0. The van der Waals surface area contributed by atoms with Crippen molar-refractivity contribution in [2.75, 3.05) is 0 Å². The second-order valence-corrected chi connectivity index (χ2v) is 5.15. The van der Waals surface area contributed by atoms with Gasteiger partial charge in [-0.25, -0.2) is 8.78 Å². The van der Waals surface area contributed by atoms with E-state index >= 15 is 0 Å². The van der Waals surface area contributed by atoms with Crippen molar-refractivity contribution in [1.82, 2.24) is 0 Å². The lowest BCUT2D eigenvalue weighted by molar-refractivity contribution is -0.143. The number of aryl methyl sites for hydroxylation is 1. The van der Waals surface area contributed by atoms with Crippen molar-refractivity contribution >= 4 is 27.3 Å². The summed E-state index contributed by atoms with van der Waals surface area (Å²) in [5.41, 5.74) is 5.12. The number of rotatable bonds is 3. The molecule has 7 heteroatoms. The van der Waals surface area contributed by atoms with Crippen LogP contribution in [-0.2, 0) is 0 Å². The Balaban J connectivity index is 2.99. The van der Waals surface area contributed by atoms with Gasteiger partial charge in [-0.3, -0.25) is 0 Å². The first-order valence-electron chi connectivity index (χ1n) is 3.94. The molecule has 1 aromatic heterocycles. The lowest BCUT2D eigenvalue weighted by Crippen LogP contribution is -2.38. The first-order valence-corrected chi connectivity index (χ1v) is 5.55. The smallest absolute Gasteiger partial charge is 0.318 e. The zero-order valence-electron chi connectivity index (χ0n) is 7.61. The molecule has 0 aliphatic rings. The molecule has 0 spiro atoms. The third-order valence-corrected chi connectivity index (χ3v) is 4.11. The van der Waals surface area contributed by atoms with Crippen LogP contribution < -0.4 is 5.73 Å². The van der Waals surface area contributed by atoms with Gasteiger partial charge in [0.25, 0.3) is 0 Å². The summed E-state index contributed by atoms with van der Waals surface area (Å²) in [5.74, 6) is -4.20. The summed E-state index contributed by atoms with van der Waals surface area (Å²) in [6.45, 7) is 1.69. The molecule has 1 atom stereocenters. The lowest BCUT2D eigenvalue weighted by atomic mass is 10.1. The van der Waals surface area contributed by atoms with Gasteiger partial charge in [-0.05, 0) is 28.9 Å². The number of hydrogen-bond donors (Lipinski definition) is 1. The molecule has 0 fully saturated rings. The lowest BCUT2D eigenvalue weighted by Gasteiger charge is -2.21. The van der Waals surface area contributed by atoms with Crippen molar-refractivity contribution in [1.29, 1.82) is 0 Å². The second kappa shape index (κ2) is 4.39. The predicted molar refractivity (Wildman–Crippen MR) is 54.6 cm³/mol. The van der Waals surface area contributed by atoms with E-state index in [1.165, 1.54) is 6.07 Å². The Kier molecular flexibility index (Phi) is 3.78. The Morgan fingerprint density at radius 2 is 2.00 bits per heavy atom. The zero-order chi connectivity index (χ0) is 11.8. The number of nitrogens with two attached hydrogens (primary N) is 1. The number of alkyl halides is 4. The highest BCUT2D eigenvalue weighted by Crippen LogP contribution is 2.39. The monoisotopic (exact) mass is 305 g/mol. The molecular formula is C8H8BrF4NS. The van der Waals surface area contributed by atoms with Gasteiger partial charge < -0.3 is 5.73 Å². The molecule has 0 saturated heterocycles. The van der Waals surface area contributed by atoms with Crippen LogP contribution in [0.15, 0.2) is 10.5 Å². The molecule has 0 aromatic carbocycles. The van der Waals surface area contributed by atoms with Crippen molar-refractivity contribution in [3.63, 3.8) is 0 Å². The Labute approximate surface area is 96.4 Å². The summed E-state index contributed by atoms with van der Waals surface area (Å²) in [6, 6.07) is -0.617. The van der Waals surface area contributed by atoms with E-state index in [9.17, 15) is 17.6 Å². The van der Waals surface area contributed by atoms with Gasteiger partial charge in [0.15, 0.2) is 0 Å². The molecule has 1 nitrogen and oxygen atoms in total. The largest absolute Gasteiger partial charge is 0.327 e. The zero-order valence-corrected chi connectivity index (χ0v) is 10.0. The summed E-state index contributed by atoms with van der Waals surface area (Å²) in [7, 11) is 0. The molecule has 15 heavy (non-hydrogen) atoms. The van der Waals surface area contributed by atoms with Crippen LogP contribution in [0.4, 0.5) is 17.6 Å². The molecule has 2 N–H and O–H groups in total. The van der Waals surface area contributed by atoms with E-state index in [-0.39, 0.29) is 4.88 Å². The van der Waals surface area contributed by atoms with E-state index in [2.05, 4.69) is 15.9 Å². The third-order valence-electron chi connectivity index (χ3n) is 1.89. The van der Waals surface area contributed by atoms with Crippen molar-refractivity contribution in [3.8, 4) is 0 Å². The molecule has 1 aromatic rings. The van der Waals surface area contributed by atoms with Gasteiger partial charge in [0.05, 0.1) is 0 Å². The van der Waals surface area contributed by atoms with Gasteiger partial charge in [0.2, 0.25) is 0 Å². The number of thiophene rings is 1. The maximum absolute atomic E-state index is 12.9. The molecule has 1 heterocycles. The van der Waals surface area contributed by atoms with Crippen LogP contribution in [-0.4, -0.2) is 12.3 Å². The molecule has 0 saturated carbocycles. The van der Waals surface area contributed by atoms with Crippen LogP contribution in [0.5, 0.6) is 0 Å². The fraction of sp³-hybridized carbons (Fsp3) is 0.500. The average Bonchev–Trinajstić information content (AvgIpc) is 2.45. The van der Waals surface area contributed by atoms with Crippen LogP contribution in [0, 0.1) is 6.92 Å². The molecule has 0 aliphatic heterocycles. The summed E-state index contributed by atoms with van der Waals surface area (Å²) in [6.07, 6.45) is -3.76. The number of halogens is 5. The Morgan fingerprint density at radius 3 is 2.33 bits per heavy atom. The fourth-order valence-corrected chi connectivity index (χ4v) is 2.57. The molecule has 0 amide bonds. The minimum Gasteiger partial charge on any atom is -0.318 e. The Hall–Kier alpha value is -0.140. The molecule has 1 unspecified atom stereocenters. The standard InChI is InChI=1S/C8H8BrF4NS/c1-3-4(9)2-5(15-3)6(14)8(12,13)7(10)11/h2,6-7H,14H2,1H3. The SMILES string of the molecule is Cc1sc(C(N)C(F)(F)C(F)F)cc1Br. The van der Waals surface area contributed by atoms with Crippen LogP contribution >= 0.6 is 27.3 Å². The topological polar surface area (TPSA) is 26.0 Å². The van der Waals surface area contributed by atoms with Crippen molar-refractivity contribution in [2.24, 2.45) is 5.73 Å². The van der Waals surface area contributed by atoms with Crippen LogP contribution in [0.2, 0.25) is 0 Å². The predicted octanol–water partition coefficient (Wildman–Crippen LogP) is 3.72. The van der Waals surface area contributed by atoms with E-state index in [4.69, 9.17) is 5.73 Å². The minimum atomic E-state index is -4.20.